The number of morpholine rings is 1. The molecule has 1 fully saturated rings. The summed E-state index contributed by atoms with van der Waals surface area (Å²) in [7, 11) is 0. The molecule has 0 radical (unpaired) electrons. The number of anilines is 1. The smallest absolute Gasteiger partial charge is 0.0922 e. The molecule has 124 valence electrons. The van der Waals surface area contributed by atoms with E-state index in [1.165, 1.54) is 11.3 Å². The van der Waals surface area contributed by atoms with E-state index in [2.05, 4.69) is 41.4 Å². The van der Waals surface area contributed by atoms with E-state index in [0.29, 0.717) is 6.54 Å². The van der Waals surface area contributed by atoms with Crippen molar-refractivity contribution < 1.29 is 9.84 Å². The molecule has 1 saturated heterocycles. The summed E-state index contributed by atoms with van der Waals surface area (Å²) in [5.41, 5.74) is 3.47. The van der Waals surface area contributed by atoms with Gasteiger partial charge in [-0.3, -0.25) is 0 Å². The largest absolute Gasteiger partial charge is 0.387 e. The monoisotopic (exact) mass is 332 g/mol. The first-order chi connectivity index (χ1) is 11.2. The highest BCUT2D eigenvalue weighted by Gasteiger charge is 2.13. The zero-order valence-electron chi connectivity index (χ0n) is 13.4. The molecule has 4 nitrogen and oxygen atoms in total. The average Bonchev–Trinajstić information content (AvgIpc) is 3.15. The second-order valence-corrected chi connectivity index (χ2v) is 6.67. The number of nitrogens with zero attached hydrogens (tertiary/aromatic N) is 1. The van der Waals surface area contributed by atoms with Crippen molar-refractivity contribution >= 4 is 17.0 Å². The van der Waals surface area contributed by atoms with Crippen LogP contribution in [0, 0.1) is 0 Å². The van der Waals surface area contributed by atoms with Crippen LogP contribution in [0.3, 0.4) is 0 Å². The van der Waals surface area contributed by atoms with E-state index in [9.17, 15) is 5.11 Å². The van der Waals surface area contributed by atoms with Crippen LogP contribution in [-0.2, 0) is 4.74 Å². The van der Waals surface area contributed by atoms with Crippen LogP contribution < -0.4 is 10.2 Å². The molecule has 1 aliphatic heterocycles. The van der Waals surface area contributed by atoms with Crippen molar-refractivity contribution in [1.29, 1.82) is 0 Å². The van der Waals surface area contributed by atoms with Crippen LogP contribution in [0.15, 0.2) is 41.1 Å². The summed E-state index contributed by atoms with van der Waals surface area (Å²) in [5.74, 6) is 0. The topological polar surface area (TPSA) is 44.7 Å². The van der Waals surface area contributed by atoms with Crippen LogP contribution >= 0.6 is 11.3 Å². The molecule has 0 bridgehead atoms. The molecule has 0 spiro atoms. The van der Waals surface area contributed by atoms with Crippen molar-refractivity contribution in [3.63, 3.8) is 0 Å². The Balaban J connectivity index is 1.53. The van der Waals surface area contributed by atoms with E-state index in [0.717, 1.165) is 31.9 Å². The highest BCUT2D eigenvalue weighted by molar-refractivity contribution is 7.07. The summed E-state index contributed by atoms with van der Waals surface area (Å²) in [4.78, 5) is 2.35. The number of rotatable bonds is 6. The zero-order valence-corrected chi connectivity index (χ0v) is 14.3. The zero-order chi connectivity index (χ0) is 16.1. The summed E-state index contributed by atoms with van der Waals surface area (Å²) in [6.45, 7) is 6.22. The summed E-state index contributed by atoms with van der Waals surface area (Å²) >= 11 is 1.61. The Hall–Kier alpha value is -1.40. The second kappa shape index (κ2) is 7.93. The number of aliphatic hydroxyl groups excluding tert-OH is 1. The average molecular weight is 332 g/mol. The van der Waals surface area contributed by atoms with Crippen LogP contribution in [0.1, 0.15) is 30.2 Å². The van der Waals surface area contributed by atoms with Gasteiger partial charge in [0.25, 0.3) is 0 Å². The lowest BCUT2D eigenvalue weighted by atomic mass is 10.1. The Morgan fingerprint density at radius 3 is 2.57 bits per heavy atom. The summed E-state index contributed by atoms with van der Waals surface area (Å²) in [6.07, 6.45) is -0.448. The molecule has 0 aliphatic carbocycles. The number of benzene rings is 1. The fourth-order valence-corrected chi connectivity index (χ4v) is 3.49. The number of hydrogen-bond acceptors (Lipinski definition) is 5. The minimum absolute atomic E-state index is 0.210. The van der Waals surface area contributed by atoms with E-state index < -0.39 is 6.10 Å². The fraction of sp³-hybridized carbons (Fsp3) is 0.444. The summed E-state index contributed by atoms with van der Waals surface area (Å²) in [6, 6.07) is 10.9. The Labute approximate surface area is 141 Å². The molecule has 1 aromatic heterocycles. The molecule has 0 amide bonds. The molecule has 0 saturated carbocycles. The van der Waals surface area contributed by atoms with Gasteiger partial charge in [-0.1, -0.05) is 12.1 Å². The van der Waals surface area contributed by atoms with Gasteiger partial charge in [0, 0.05) is 31.4 Å². The first kappa shape index (κ1) is 16.5. The summed E-state index contributed by atoms with van der Waals surface area (Å²) in [5, 5.41) is 17.5. The normalized spacial score (nSPS) is 17.9. The third kappa shape index (κ3) is 4.32. The molecule has 1 aromatic carbocycles. The Kier molecular flexibility index (Phi) is 5.67. The quantitative estimate of drug-likeness (QED) is 0.854. The fourth-order valence-electron chi connectivity index (χ4n) is 2.78. The van der Waals surface area contributed by atoms with Crippen LogP contribution in [-0.4, -0.2) is 38.0 Å². The molecule has 1 aliphatic rings. The molecule has 5 heteroatoms. The maximum Gasteiger partial charge on any atom is 0.0922 e. The molecule has 23 heavy (non-hydrogen) atoms. The predicted molar refractivity (Wildman–Crippen MR) is 95.2 cm³/mol. The first-order valence-corrected chi connectivity index (χ1v) is 9.04. The van der Waals surface area contributed by atoms with Gasteiger partial charge in [0.1, 0.15) is 0 Å². The van der Waals surface area contributed by atoms with Crippen molar-refractivity contribution in [2.24, 2.45) is 0 Å². The van der Waals surface area contributed by atoms with Crippen molar-refractivity contribution in [2.45, 2.75) is 19.1 Å². The highest BCUT2D eigenvalue weighted by Crippen LogP contribution is 2.21. The maximum absolute atomic E-state index is 10.1. The van der Waals surface area contributed by atoms with E-state index in [1.807, 2.05) is 16.8 Å². The molecular formula is C18H24N2O2S. The van der Waals surface area contributed by atoms with Gasteiger partial charge >= 0.3 is 0 Å². The van der Waals surface area contributed by atoms with Gasteiger partial charge in [-0.25, -0.2) is 0 Å². The third-order valence-electron chi connectivity index (χ3n) is 4.31. The number of aliphatic hydroxyl groups is 1. The number of nitrogens with one attached hydrogen (secondary N) is 1. The van der Waals surface area contributed by atoms with E-state index in [1.54, 1.807) is 11.3 Å². The standard InChI is InChI=1S/C18H24N2O2S/c1-14(19-12-18(21)16-6-11-23-13-16)15-2-4-17(5-3-15)20-7-9-22-10-8-20/h2-6,11,13-14,18-19,21H,7-10,12H2,1H3. The Bertz CT molecular complexity index is 580. The number of thiophene rings is 1. The number of ether oxygens (including phenoxy) is 1. The minimum Gasteiger partial charge on any atom is -0.387 e. The van der Waals surface area contributed by atoms with Gasteiger partial charge in [0.05, 0.1) is 19.3 Å². The van der Waals surface area contributed by atoms with Crippen LogP contribution in [0.2, 0.25) is 0 Å². The third-order valence-corrected chi connectivity index (χ3v) is 5.02. The van der Waals surface area contributed by atoms with Crippen molar-refractivity contribution in [3.05, 3.63) is 52.2 Å². The SMILES string of the molecule is CC(NCC(O)c1ccsc1)c1ccc(N2CCOCC2)cc1. The summed E-state index contributed by atoms with van der Waals surface area (Å²) < 4.78 is 5.39. The van der Waals surface area contributed by atoms with Crippen LogP contribution in [0.5, 0.6) is 0 Å². The lowest BCUT2D eigenvalue weighted by molar-refractivity contribution is 0.122. The van der Waals surface area contributed by atoms with Crippen molar-refractivity contribution in [1.82, 2.24) is 5.32 Å². The minimum atomic E-state index is -0.448. The molecular weight excluding hydrogens is 308 g/mol. The van der Waals surface area contributed by atoms with E-state index in [-0.39, 0.29) is 6.04 Å². The van der Waals surface area contributed by atoms with Crippen molar-refractivity contribution in [3.8, 4) is 0 Å². The maximum atomic E-state index is 10.1. The van der Waals surface area contributed by atoms with Crippen LogP contribution in [0.25, 0.3) is 0 Å². The highest BCUT2D eigenvalue weighted by atomic mass is 32.1. The van der Waals surface area contributed by atoms with E-state index in [4.69, 9.17) is 4.74 Å². The van der Waals surface area contributed by atoms with Gasteiger partial charge < -0.3 is 20.1 Å². The van der Waals surface area contributed by atoms with Gasteiger partial charge in [0.2, 0.25) is 0 Å². The first-order valence-electron chi connectivity index (χ1n) is 8.10. The van der Waals surface area contributed by atoms with Crippen LogP contribution in [0.4, 0.5) is 5.69 Å². The van der Waals surface area contributed by atoms with Gasteiger partial charge in [0.15, 0.2) is 0 Å². The Morgan fingerprint density at radius 2 is 1.91 bits per heavy atom. The molecule has 3 rings (SSSR count). The van der Waals surface area contributed by atoms with Gasteiger partial charge in [-0.05, 0) is 47.0 Å². The second-order valence-electron chi connectivity index (χ2n) is 5.89. The number of hydrogen-bond donors (Lipinski definition) is 2. The van der Waals surface area contributed by atoms with E-state index >= 15 is 0 Å². The molecule has 2 heterocycles. The molecule has 2 unspecified atom stereocenters. The molecule has 2 aromatic rings. The van der Waals surface area contributed by atoms with Gasteiger partial charge in [-0.2, -0.15) is 11.3 Å². The molecule has 2 N–H and O–H groups in total. The molecule has 2 atom stereocenters. The Morgan fingerprint density at radius 1 is 1.17 bits per heavy atom. The predicted octanol–water partition coefficient (Wildman–Crippen LogP) is 2.97. The lowest BCUT2D eigenvalue weighted by Gasteiger charge is -2.29. The lowest BCUT2D eigenvalue weighted by Crippen LogP contribution is -2.36. The van der Waals surface area contributed by atoms with Gasteiger partial charge in [-0.15, -0.1) is 0 Å². The van der Waals surface area contributed by atoms with Crippen molar-refractivity contribution in [2.75, 3.05) is 37.7 Å².